The van der Waals surface area contributed by atoms with Gasteiger partial charge in [-0.25, -0.2) is 4.99 Å². The number of nitrogens with zero attached hydrogens (tertiary/aromatic N) is 2. The fourth-order valence-electron chi connectivity index (χ4n) is 3.05. The number of rotatable bonds is 5. The van der Waals surface area contributed by atoms with Crippen LogP contribution in [0.4, 0.5) is 0 Å². The first-order chi connectivity index (χ1) is 12.2. The van der Waals surface area contributed by atoms with Gasteiger partial charge in [-0.15, -0.1) is 35.3 Å². The van der Waals surface area contributed by atoms with Crippen LogP contribution in [0.1, 0.15) is 22.9 Å². The number of nitrogens with one attached hydrogen (secondary N) is 1. The van der Waals surface area contributed by atoms with E-state index in [4.69, 9.17) is 14.5 Å². The summed E-state index contributed by atoms with van der Waals surface area (Å²) in [6.45, 7) is 5.45. The second kappa shape index (κ2) is 10.0. The van der Waals surface area contributed by atoms with Gasteiger partial charge in [0.25, 0.3) is 0 Å². The van der Waals surface area contributed by atoms with Gasteiger partial charge in [-0.2, -0.15) is 0 Å². The van der Waals surface area contributed by atoms with Crippen LogP contribution in [-0.2, 0) is 19.5 Å². The lowest BCUT2D eigenvalue weighted by Gasteiger charge is -2.32. The molecule has 0 atom stereocenters. The third-order valence-electron chi connectivity index (χ3n) is 4.32. The molecule has 0 fully saturated rings. The van der Waals surface area contributed by atoms with E-state index in [1.807, 2.05) is 0 Å². The van der Waals surface area contributed by atoms with Crippen molar-refractivity contribution >= 4 is 41.3 Å². The number of hydrogen-bond acceptors (Lipinski definition) is 4. The van der Waals surface area contributed by atoms with Gasteiger partial charge >= 0.3 is 0 Å². The maximum Gasteiger partial charge on any atom is 0.194 e. The molecule has 0 saturated heterocycles. The summed E-state index contributed by atoms with van der Waals surface area (Å²) in [6.07, 6.45) is 0.971. The SMILES string of the molecule is CCNC(=NCc1cccs1)N1CCc2cc(OC)c(OC)cc2C1.I. The first kappa shape index (κ1) is 20.8. The fourth-order valence-corrected chi connectivity index (χ4v) is 3.67. The number of halogens is 1. The number of aliphatic imine (C=N–C) groups is 1. The normalized spacial score (nSPS) is 13.7. The van der Waals surface area contributed by atoms with Crippen LogP contribution in [0.15, 0.2) is 34.6 Å². The van der Waals surface area contributed by atoms with Crippen LogP contribution in [0.25, 0.3) is 0 Å². The highest BCUT2D eigenvalue weighted by atomic mass is 127. The van der Waals surface area contributed by atoms with Gasteiger partial charge in [-0.3, -0.25) is 0 Å². The third kappa shape index (κ3) is 4.82. The predicted molar refractivity (Wildman–Crippen MR) is 118 cm³/mol. The number of fused-ring (bicyclic) bond motifs is 1. The maximum absolute atomic E-state index is 5.45. The molecular formula is C19H26IN3O2S. The van der Waals surface area contributed by atoms with Crippen molar-refractivity contribution in [2.45, 2.75) is 26.4 Å². The smallest absolute Gasteiger partial charge is 0.194 e. The first-order valence-electron chi connectivity index (χ1n) is 8.54. The van der Waals surface area contributed by atoms with E-state index in [0.717, 1.165) is 50.1 Å². The zero-order chi connectivity index (χ0) is 17.6. The Bertz CT molecular complexity index is 735. The molecule has 1 aromatic carbocycles. The minimum Gasteiger partial charge on any atom is -0.493 e. The molecule has 2 heterocycles. The molecule has 0 unspecified atom stereocenters. The topological polar surface area (TPSA) is 46.1 Å². The van der Waals surface area contributed by atoms with Gasteiger partial charge in [0.2, 0.25) is 0 Å². The Morgan fingerprint density at radius 1 is 1.23 bits per heavy atom. The average Bonchev–Trinajstić information content (AvgIpc) is 3.17. The molecule has 0 saturated carbocycles. The van der Waals surface area contributed by atoms with E-state index in [1.165, 1.54) is 16.0 Å². The molecule has 26 heavy (non-hydrogen) atoms. The number of thiophene rings is 1. The summed E-state index contributed by atoms with van der Waals surface area (Å²) in [5.41, 5.74) is 2.59. The fraction of sp³-hybridized carbons (Fsp3) is 0.421. The zero-order valence-corrected chi connectivity index (χ0v) is 18.6. The van der Waals surface area contributed by atoms with E-state index < -0.39 is 0 Å². The number of hydrogen-bond donors (Lipinski definition) is 1. The van der Waals surface area contributed by atoms with E-state index in [9.17, 15) is 0 Å². The molecular weight excluding hydrogens is 461 g/mol. The number of methoxy groups -OCH3 is 2. The lowest BCUT2D eigenvalue weighted by Crippen LogP contribution is -2.44. The molecule has 1 aliphatic heterocycles. The van der Waals surface area contributed by atoms with E-state index in [-0.39, 0.29) is 24.0 Å². The molecule has 5 nitrogen and oxygen atoms in total. The van der Waals surface area contributed by atoms with Crippen LogP contribution >= 0.6 is 35.3 Å². The van der Waals surface area contributed by atoms with Crippen LogP contribution in [0.2, 0.25) is 0 Å². The van der Waals surface area contributed by atoms with Crippen molar-refractivity contribution in [2.24, 2.45) is 4.99 Å². The standard InChI is InChI=1S/C19H25N3O2S.HI/c1-4-20-19(21-12-16-6-5-9-25-16)22-8-7-14-10-17(23-2)18(24-3)11-15(14)13-22;/h5-6,9-11H,4,7-8,12-13H2,1-3H3,(H,20,21);1H. The monoisotopic (exact) mass is 487 g/mol. The first-order valence-corrected chi connectivity index (χ1v) is 9.42. The summed E-state index contributed by atoms with van der Waals surface area (Å²) in [5.74, 6) is 2.55. The summed E-state index contributed by atoms with van der Waals surface area (Å²) in [6, 6.07) is 8.38. The lowest BCUT2D eigenvalue weighted by molar-refractivity contribution is 0.346. The Morgan fingerprint density at radius 3 is 2.58 bits per heavy atom. The molecule has 0 bridgehead atoms. The highest BCUT2D eigenvalue weighted by Gasteiger charge is 2.21. The molecule has 0 amide bonds. The Hall–Kier alpha value is -1.48. The van der Waals surface area contributed by atoms with Crippen LogP contribution in [0, 0.1) is 0 Å². The zero-order valence-electron chi connectivity index (χ0n) is 15.4. The van der Waals surface area contributed by atoms with Crippen molar-refractivity contribution in [1.82, 2.24) is 10.2 Å². The third-order valence-corrected chi connectivity index (χ3v) is 5.18. The highest BCUT2D eigenvalue weighted by molar-refractivity contribution is 14.0. The van der Waals surface area contributed by atoms with Crippen LogP contribution < -0.4 is 14.8 Å². The minimum absolute atomic E-state index is 0. The van der Waals surface area contributed by atoms with E-state index in [2.05, 4.69) is 46.8 Å². The molecule has 1 aliphatic rings. The number of benzene rings is 1. The van der Waals surface area contributed by atoms with Crippen molar-refractivity contribution in [2.75, 3.05) is 27.3 Å². The maximum atomic E-state index is 5.45. The Balaban J connectivity index is 0.00000243. The van der Waals surface area contributed by atoms with Crippen molar-refractivity contribution < 1.29 is 9.47 Å². The number of ether oxygens (including phenoxy) is 2. The highest BCUT2D eigenvalue weighted by Crippen LogP contribution is 2.33. The molecule has 2 aromatic rings. The Morgan fingerprint density at radius 2 is 1.96 bits per heavy atom. The summed E-state index contributed by atoms with van der Waals surface area (Å²) in [4.78, 5) is 8.40. The molecule has 1 N–H and O–H groups in total. The molecule has 0 spiro atoms. The summed E-state index contributed by atoms with van der Waals surface area (Å²) in [5, 5.41) is 5.51. The summed E-state index contributed by atoms with van der Waals surface area (Å²) < 4.78 is 10.9. The van der Waals surface area contributed by atoms with Crippen molar-refractivity contribution in [3.05, 3.63) is 45.6 Å². The quantitative estimate of drug-likeness (QED) is 0.395. The molecule has 0 aliphatic carbocycles. The molecule has 1 aromatic heterocycles. The van der Waals surface area contributed by atoms with Crippen molar-refractivity contribution in [3.8, 4) is 11.5 Å². The van der Waals surface area contributed by atoms with Crippen LogP contribution in [0.5, 0.6) is 11.5 Å². The molecule has 142 valence electrons. The summed E-state index contributed by atoms with van der Waals surface area (Å²) >= 11 is 1.74. The van der Waals surface area contributed by atoms with Gasteiger partial charge in [0, 0.05) is 24.5 Å². The van der Waals surface area contributed by atoms with Gasteiger partial charge in [0.15, 0.2) is 17.5 Å². The largest absolute Gasteiger partial charge is 0.493 e. The summed E-state index contributed by atoms with van der Waals surface area (Å²) in [7, 11) is 3.36. The van der Waals surface area contributed by atoms with Gasteiger partial charge < -0.3 is 19.7 Å². The minimum atomic E-state index is 0. The van der Waals surface area contributed by atoms with E-state index in [1.54, 1.807) is 25.6 Å². The predicted octanol–water partition coefficient (Wildman–Crippen LogP) is 3.91. The van der Waals surface area contributed by atoms with Gasteiger partial charge in [0.1, 0.15) is 0 Å². The van der Waals surface area contributed by atoms with Gasteiger partial charge in [-0.1, -0.05) is 6.07 Å². The Labute approximate surface area is 176 Å². The van der Waals surface area contributed by atoms with Gasteiger partial charge in [-0.05, 0) is 48.1 Å². The lowest BCUT2D eigenvalue weighted by atomic mass is 9.99. The van der Waals surface area contributed by atoms with Crippen LogP contribution in [-0.4, -0.2) is 38.2 Å². The average molecular weight is 487 g/mol. The van der Waals surface area contributed by atoms with Crippen LogP contribution in [0.3, 0.4) is 0 Å². The van der Waals surface area contributed by atoms with Gasteiger partial charge in [0.05, 0.1) is 20.8 Å². The molecule has 3 rings (SSSR count). The molecule has 7 heteroatoms. The number of guanidine groups is 1. The molecule has 0 radical (unpaired) electrons. The second-order valence-corrected chi connectivity index (χ2v) is 6.93. The van der Waals surface area contributed by atoms with E-state index >= 15 is 0 Å². The second-order valence-electron chi connectivity index (χ2n) is 5.90. The van der Waals surface area contributed by atoms with Crippen molar-refractivity contribution in [3.63, 3.8) is 0 Å². The van der Waals surface area contributed by atoms with Crippen molar-refractivity contribution in [1.29, 1.82) is 0 Å². The van der Waals surface area contributed by atoms with E-state index in [0.29, 0.717) is 0 Å². The Kier molecular flexibility index (Phi) is 8.02.